The van der Waals surface area contributed by atoms with Gasteiger partial charge in [-0.2, -0.15) is 0 Å². The number of methoxy groups -OCH3 is 1. The Morgan fingerprint density at radius 3 is 2.35 bits per heavy atom. The number of hydrogen-bond acceptors (Lipinski definition) is 5. The molecule has 0 radical (unpaired) electrons. The minimum Gasteiger partial charge on any atom is -0.469 e. The summed E-state index contributed by atoms with van der Waals surface area (Å²) in [7, 11) is 1.21. The average Bonchev–Trinajstić information content (AvgIpc) is 2.29. The number of carbonyl (C=O) groups excluding carboxylic acids is 2. The summed E-state index contributed by atoms with van der Waals surface area (Å²) in [4.78, 5) is 22.7. The molecule has 92 valence electrons. The fourth-order valence-electron chi connectivity index (χ4n) is 1.40. The molecule has 0 fully saturated rings. The van der Waals surface area contributed by atoms with Crippen LogP contribution in [0.5, 0.6) is 0 Å². The Bertz CT molecular complexity index is 401. The van der Waals surface area contributed by atoms with Gasteiger partial charge in [0.15, 0.2) is 5.78 Å². The number of hydrogen-bond donors (Lipinski definition) is 2. The molecule has 0 atom stereocenters. The predicted molar refractivity (Wildman–Crippen MR) is 62.9 cm³/mol. The van der Waals surface area contributed by atoms with E-state index in [-0.39, 0.29) is 6.42 Å². The van der Waals surface area contributed by atoms with Crippen LogP contribution in [-0.2, 0) is 20.7 Å². The molecule has 0 aromatic heterocycles. The Balaban J connectivity index is 2.68. The lowest BCUT2D eigenvalue weighted by Gasteiger charge is -2.22. The molecule has 0 aliphatic rings. The minimum atomic E-state index is -1.55. The molecular formula is C12H16N2O3. The summed E-state index contributed by atoms with van der Waals surface area (Å²) < 4.78 is 4.40. The maximum Gasteiger partial charge on any atom is 0.313 e. The van der Waals surface area contributed by atoms with Crippen LogP contribution >= 0.6 is 0 Å². The van der Waals surface area contributed by atoms with Crippen LogP contribution in [-0.4, -0.2) is 24.5 Å². The molecule has 0 unspecified atom stereocenters. The highest BCUT2D eigenvalue weighted by Crippen LogP contribution is 2.09. The molecule has 0 heterocycles. The van der Waals surface area contributed by atoms with E-state index in [9.17, 15) is 9.59 Å². The van der Waals surface area contributed by atoms with E-state index in [0.29, 0.717) is 0 Å². The van der Waals surface area contributed by atoms with Gasteiger partial charge in [-0.1, -0.05) is 30.3 Å². The van der Waals surface area contributed by atoms with Gasteiger partial charge in [0.05, 0.1) is 7.11 Å². The molecule has 5 nitrogen and oxygen atoms in total. The van der Waals surface area contributed by atoms with Gasteiger partial charge in [-0.25, -0.2) is 0 Å². The van der Waals surface area contributed by atoms with Gasteiger partial charge in [0.25, 0.3) is 0 Å². The summed E-state index contributed by atoms with van der Waals surface area (Å²) in [5, 5.41) is 0. The number of nitrogens with two attached hydrogens (primary N) is 2. The van der Waals surface area contributed by atoms with Gasteiger partial charge in [-0.05, 0) is 5.56 Å². The minimum absolute atomic E-state index is 0.184. The molecule has 0 amide bonds. The first-order valence-corrected chi connectivity index (χ1v) is 5.17. The molecule has 5 heteroatoms. The lowest BCUT2D eigenvalue weighted by molar-refractivity contribution is -0.144. The summed E-state index contributed by atoms with van der Waals surface area (Å²) >= 11 is 0. The smallest absolute Gasteiger partial charge is 0.313 e. The zero-order valence-corrected chi connectivity index (χ0v) is 9.68. The monoisotopic (exact) mass is 236 g/mol. The second-order valence-corrected chi connectivity index (χ2v) is 3.88. The molecule has 1 rings (SSSR count). The Morgan fingerprint density at radius 2 is 1.82 bits per heavy atom. The van der Waals surface area contributed by atoms with E-state index in [0.717, 1.165) is 5.56 Å². The van der Waals surface area contributed by atoms with Gasteiger partial charge in [-0.3, -0.25) is 9.59 Å². The molecule has 0 spiro atoms. The van der Waals surface area contributed by atoms with E-state index in [2.05, 4.69) is 4.74 Å². The molecule has 0 aliphatic heterocycles. The van der Waals surface area contributed by atoms with Crippen molar-refractivity contribution in [1.29, 1.82) is 0 Å². The van der Waals surface area contributed by atoms with E-state index in [1.165, 1.54) is 7.11 Å². The van der Waals surface area contributed by atoms with Crippen molar-refractivity contribution in [3.8, 4) is 0 Å². The molecule has 1 aromatic carbocycles. The van der Waals surface area contributed by atoms with Crippen molar-refractivity contribution in [2.75, 3.05) is 7.11 Å². The van der Waals surface area contributed by atoms with Gasteiger partial charge in [0.2, 0.25) is 0 Å². The first-order chi connectivity index (χ1) is 7.95. The summed E-state index contributed by atoms with van der Waals surface area (Å²) in [6, 6.07) is 9.15. The molecule has 17 heavy (non-hydrogen) atoms. The number of ether oxygens (including phenoxy) is 1. The lowest BCUT2D eigenvalue weighted by Crippen LogP contribution is -2.58. The van der Waals surface area contributed by atoms with Gasteiger partial charge in [0, 0.05) is 6.42 Å². The van der Waals surface area contributed by atoms with Crippen LogP contribution in [0.4, 0.5) is 0 Å². The first kappa shape index (κ1) is 13.3. The fraction of sp³-hybridized carbons (Fsp3) is 0.333. The zero-order chi connectivity index (χ0) is 12.9. The van der Waals surface area contributed by atoms with E-state index in [1.54, 1.807) is 0 Å². The Morgan fingerprint density at radius 1 is 1.24 bits per heavy atom. The van der Waals surface area contributed by atoms with Crippen LogP contribution in [0.25, 0.3) is 0 Å². The van der Waals surface area contributed by atoms with Gasteiger partial charge < -0.3 is 16.2 Å². The van der Waals surface area contributed by atoms with Crippen molar-refractivity contribution >= 4 is 11.8 Å². The maximum atomic E-state index is 11.7. The highest BCUT2D eigenvalue weighted by atomic mass is 16.5. The molecule has 1 aromatic rings. The molecule has 4 N–H and O–H groups in total. The summed E-state index contributed by atoms with van der Waals surface area (Å²) in [6.45, 7) is 0. The predicted octanol–water partition coefficient (Wildman–Crippen LogP) is -0.0250. The number of carbonyl (C=O) groups is 2. The number of esters is 1. The molecule has 0 bridgehead atoms. The van der Waals surface area contributed by atoms with Crippen LogP contribution in [0.2, 0.25) is 0 Å². The maximum absolute atomic E-state index is 11.7. The topological polar surface area (TPSA) is 95.4 Å². The third-order valence-corrected chi connectivity index (χ3v) is 2.39. The van der Waals surface area contributed by atoms with Crippen molar-refractivity contribution in [2.24, 2.45) is 11.5 Å². The van der Waals surface area contributed by atoms with Crippen LogP contribution < -0.4 is 11.5 Å². The summed E-state index contributed by atoms with van der Waals surface area (Å²) in [6.07, 6.45) is -0.222. The number of ketones is 1. The van der Waals surface area contributed by atoms with Gasteiger partial charge in [-0.15, -0.1) is 0 Å². The van der Waals surface area contributed by atoms with Crippen LogP contribution in [0.3, 0.4) is 0 Å². The number of Topliss-reactive ketones (excluding diaryl/α,β-unsaturated/α-hetero) is 1. The van der Waals surface area contributed by atoms with Gasteiger partial charge >= 0.3 is 5.97 Å². The Hall–Kier alpha value is -1.72. The fourth-order valence-corrected chi connectivity index (χ4v) is 1.40. The largest absolute Gasteiger partial charge is 0.469 e. The van der Waals surface area contributed by atoms with Crippen molar-refractivity contribution in [3.63, 3.8) is 0 Å². The highest BCUT2D eigenvalue weighted by molar-refractivity contribution is 6.00. The van der Waals surface area contributed by atoms with E-state index in [4.69, 9.17) is 11.5 Å². The highest BCUT2D eigenvalue weighted by Gasteiger charge is 2.30. The molecule has 0 saturated carbocycles. The Labute approximate surface area is 99.7 Å². The van der Waals surface area contributed by atoms with Crippen molar-refractivity contribution < 1.29 is 14.3 Å². The first-order valence-electron chi connectivity index (χ1n) is 5.17. The van der Waals surface area contributed by atoms with Crippen LogP contribution in [0.15, 0.2) is 30.3 Å². The van der Waals surface area contributed by atoms with Crippen LogP contribution in [0.1, 0.15) is 12.0 Å². The Kier molecular flexibility index (Phi) is 4.37. The standard InChI is InChI=1S/C12H16N2O3/c1-17-11(16)7-10(15)12(13,14)8-9-5-3-2-4-6-9/h2-6H,7-8,13-14H2,1H3. The third-order valence-electron chi connectivity index (χ3n) is 2.39. The van der Waals surface area contributed by atoms with Gasteiger partial charge in [0.1, 0.15) is 12.1 Å². The summed E-state index contributed by atoms with van der Waals surface area (Å²) in [5.41, 5.74) is 10.7. The van der Waals surface area contributed by atoms with E-state index in [1.807, 2.05) is 30.3 Å². The number of benzene rings is 1. The third kappa shape index (κ3) is 3.97. The number of rotatable bonds is 5. The quantitative estimate of drug-likeness (QED) is 0.425. The zero-order valence-electron chi connectivity index (χ0n) is 9.68. The normalized spacial score (nSPS) is 11.0. The molecule has 0 saturated heterocycles. The van der Waals surface area contributed by atoms with Crippen molar-refractivity contribution in [2.45, 2.75) is 18.5 Å². The van der Waals surface area contributed by atoms with Crippen molar-refractivity contribution in [1.82, 2.24) is 0 Å². The average molecular weight is 236 g/mol. The van der Waals surface area contributed by atoms with Crippen molar-refractivity contribution in [3.05, 3.63) is 35.9 Å². The summed E-state index contributed by atoms with van der Waals surface area (Å²) in [5.74, 6) is -1.17. The van der Waals surface area contributed by atoms with E-state index < -0.39 is 23.8 Å². The SMILES string of the molecule is COC(=O)CC(=O)C(N)(N)Cc1ccccc1. The second kappa shape index (κ2) is 5.56. The lowest BCUT2D eigenvalue weighted by atomic mass is 9.95. The second-order valence-electron chi connectivity index (χ2n) is 3.88. The van der Waals surface area contributed by atoms with Crippen LogP contribution in [0, 0.1) is 0 Å². The molecular weight excluding hydrogens is 220 g/mol. The molecule has 0 aliphatic carbocycles. The van der Waals surface area contributed by atoms with E-state index >= 15 is 0 Å².